The number of anilines is 1. The standard InChI is InChI=1S/C13H12Cl2N4O2/c1-20-10-4-3-8(5-11(10)21-2)6-16-18-9-7-17-19-13(15)12(9)14/h3-7H,1-2H3,(H,18,19). The number of ether oxygens (including phenoxy) is 2. The number of benzene rings is 1. The van der Waals surface area contributed by atoms with Gasteiger partial charge in [-0.2, -0.15) is 10.2 Å². The van der Waals surface area contributed by atoms with Crippen molar-refractivity contribution in [3.63, 3.8) is 0 Å². The van der Waals surface area contributed by atoms with Crippen molar-refractivity contribution in [3.05, 3.63) is 40.1 Å². The van der Waals surface area contributed by atoms with Gasteiger partial charge in [-0.3, -0.25) is 5.43 Å². The molecule has 0 saturated heterocycles. The second kappa shape index (κ2) is 7.10. The molecule has 0 radical (unpaired) electrons. The monoisotopic (exact) mass is 326 g/mol. The van der Waals surface area contributed by atoms with Gasteiger partial charge in [0.2, 0.25) is 0 Å². The van der Waals surface area contributed by atoms with E-state index in [9.17, 15) is 0 Å². The van der Waals surface area contributed by atoms with E-state index in [0.717, 1.165) is 5.56 Å². The van der Waals surface area contributed by atoms with Crippen LogP contribution in [-0.2, 0) is 0 Å². The quantitative estimate of drug-likeness (QED) is 0.674. The van der Waals surface area contributed by atoms with Crippen LogP contribution in [0.25, 0.3) is 0 Å². The van der Waals surface area contributed by atoms with E-state index >= 15 is 0 Å². The molecule has 0 bridgehead atoms. The first-order valence-electron chi connectivity index (χ1n) is 5.83. The summed E-state index contributed by atoms with van der Waals surface area (Å²) in [5.74, 6) is 1.27. The van der Waals surface area contributed by atoms with Crippen molar-refractivity contribution in [3.8, 4) is 11.5 Å². The van der Waals surface area contributed by atoms with Crippen molar-refractivity contribution in [1.29, 1.82) is 0 Å². The molecule has 0 spiro atoms. The van der Waals surface area contributed by atoms with Crippen LogP contribution >= 0.6 is 23.2 Å². The Kier molecular flexibility index (Phi) is 5.19. The van der Waals surface area contributed by atoms with E-state index < -0.39 is 0 Å². The molecule has 0 unspecified atom stereocenters. The number of nitrogens with zero attached hydrogens (tertiary/aromatic N) is 3. The number of hydrogen-bond acceptors (Lipinski definition) is 6. The number of methoxy groups -OCH3 is 2. The van der Waals surface area contributed by atoms with Gasteiger partial charge in [0.15, 0.2) is 16.7 Å². The lowest BCUT2D eigenvalue weighted by atomic mass is 10.2. The van der Waals surface area contributed by atoms with Gasteiger partial charge >= 0.3 is 0 Å². The van der Waals surface area contributed by atoms with Crippen molar-refractivity contribution in [2.75, 3.05) is 19.6 Å². The predicted octanol–water partition coefficient (Wildman–Crippen LogP) is 3.25. The zero-order valence-corrected chi connectivity index (χ0v) is 12.8. The van der Waals surface area contributed by atoms with Crippen LogP contribution in [0.2, 0.25) is 10.2 Å². The third kappa shape index (κ3) is 3.74. The highest BCUT2D eigenvalue weighted by atomic mass is 35.5. The van der Waals surface area contributed by atoms with Crippen LogP contribution in [0.4, 0.5) is 5.69 Å². The minimum absolute atomic E-state index is 0.114. The number of aromatic nitrogens is 2. The summed E-state index contributed by atoms with van der Waals surface area (Å²) < 4.78 is 10.4. The molecule has 6 nitrogen and oxygen atoms in total. The summed E-state index contributed by atoms with van der Waals surface area (Å²) in [5, 5.41) is 11.7. The molecule has 1 aromatic heterocycles. The first-order valence-corrected chi connectivity index (χ1v) is 6.59. The summed E-state index contributed by atoms with van der Waals surface area (Å²) in [7, 11) is 3.15. The van der Waals surface area contributed by atoms with E-state index in [1.807, 2.05) is 6.07 Å². The average molecular weight is 327 g/mol. The smallest absolute Gasteiger partial charge is 0.172 e. The van der Waals surface area contributed by atoms with Crippen LogP contribution in [0, 0.1) is 0 Å². The molecule has 2 aromatic rings. The van der Waals surface area contributed by atoms with Gasteiger partial charge in [-0.05, 0) is 23.8 Å². The maximum atomic E-state index is 5.95. The third-order valence-corrected chi connectivity index (χ3v) is 3.30. The van der Waals surface area contributed by atoms with Gasteiger partial charge in [0.05, 0.1) is 32.3 Å². The van der Waals surface area contributed by atoms with Crippen LogP contribution in [0.5, 0.6) is 11.5 Å². The number of hydrogen-bond donors (Lipinski definition) is 1. The topological polar surface area (TPSA) is 68.6 Å². The van der Waals surface area contributed by atoms with Crippen LogP contribution in [0.3, 0.4) is 0 Å². The second-order valence-electron chi connectivity index (χ2n) is 3.85. The summed E-state index contributed by atoms with van der Waals surface area (Å²) in [6.45, 7) is 0. The highest BCUT2D eigenvalue weighted by Crippen LogP contribution is 2.28. The summed E-state index contributed by atoms with van der Waals surface area (Å²) >= 11 is 11.7. The molecule has 0 aliphatic rings. The molecule has 0 atom stereocenters. The lowest BCUT2D eigenvalue weighted by Gasteiger charge is -2.07. The molecule has 0 aliphatic carbocycles. The fourth-order valence-electron chi connectivity index (χ4n) is 1.54. The number of rotatable bonds is 5. The molecule has 2 rings (SSSR count). The van der Waals surface area contributed by atoms with Crippen molar-refractivity contribution < 1.29 is 9.47 Å². The van der Waals surface area contributed by atoms with Gasteiger partial charge in [-0.15, -0.1) is 5.10 Å². The number of nitrogens with one attached hydrogen (secondary N) is 1. The molecule has 21 heavy (non-hydrogen) atoms. The first-order chi connectivity index (χ1) is 10.2. The molecule has 0 aliphatic heterocycles. The molecule has 1 aromatic carbocycles. The molecule has 8 heteroatoms. The van der Waals surface area contributed by atoms with Gasteiger partial charge in [-0.1, -0.05) is 23.2 Å². The maximum absolute atomic E-state index is 5.95. The Balaban J connectivity index is 2.13. The molecule has 1 heterocycles. The molecule has 0 amide bonds. The largest absolute Gasteiger partial charge is 0.493 e. The molecular weight excluding hydrogens is 315 g/mol. The molecule has 1 N–H and O–H groups in total. The van der Waals surface area contributed by atoms with Crippen LogP contribution in [0.15, 0.2) is 29.5 Å². The Bertz CT molecular complexity index is 665. The van der Waals surface area contributed by atoms with Crippen LogP contribution in [-0.4, -0.2) is 30.6 Å². The predicted molar refractivity (Wildman–Crippen MR) is 82.8 cm³/mol. The number of halogens is 2. The first kappa shape index (κ1) is 15.3. The van der Waals surface area contributed by atoms with Crippen molar-refractivity contribution >= 4 is 35.1 Å². The maximum Gasteiger partial charge on any atom is 0.172 e. The molecular formula is C13H12Cl2N4O2. The fourth-order valence-corrected chi connectivity index (χ4v) is 1.81. The fraction of sp³-hybridized carbons (Fsp3) is 0.154. The summed E-state index contributed by atoms with van der Waals surface area (Å²) in [4.78, 5) is 0. The summed E-state index contributed by atoms with van der Waals surface area (Å²) in [6, 6.07) is 5.42. The van der Waals surface area contributed by atoms with E-state index in [-0.39, 0.29) is 10.2 Å². The second-order valence-corrected chi connectivity index (χ2v) is 4.58. The zero-order chi connectivity index (χ0) is 15.2. The van der Waals surface area contributed by atoms with E-state index in [2.05, 4.69) is 20.7 Å². The SMILES string of the molecule is COc1ccc(C=NNc2cnnc(Cl)c2Cl)cc1OC. The van der Waals surface area contributed by atoms with Crippen molar-refractivity contribution in [2.45, 2.75) is 0 Å². The number of hydrazone groups is 1. The molecule has 110 valence electrons. The van der Waals surface area contributed by atoms with Gasteiger partial charge in [0.25, 0.3) is 0 Å². The van der Waals surface area contributed by atoms with Crippen LogP contribution < -0.4 is 14.9 Å². The third-order valence-electron chi connectivity index (χ3n) is 2.56. The normalized spacial score (nSPS) is 10.7. The van der Waals surface area contributed by atoms with Gasteiger partial charge in [0.1, 0.15) is 5.02 Å². The van der Waals surface area contributed by atoms with Gasteiger partial charge < -0.3 is 9.47 Å². The van der Waals surface area contributed by atoms with Crippen LogP contribution in [0.1, 0.15) is 5.56 Å². The zero-order valence-electron chi connectivity index (χ0n) is 11.3. The molecule has 0 fully saturated rings. The minimum atomic E-state index is 0.114. The van der Waals surface area contributed by atoms with Gasteiger partial charge in [0, 0.05) is 0 Å². The van der Waals surface area contributed by atoms with E-state index in [1.54, 1.807) is 32.6 Å². The molecule has 0 saturated carbocycles. The minimum Gasteiger partial charge on any atom is -0.493 e. The van der Waals surface area contributed by atoms with Crippen molar-refractivity contribution in [1.82, 2.24) is 10.2 Å². The van der Waals surface area contributed by atoms with Gasteiger partial charge in [-0.25, -0.2) is 0 Å². The van der Waals surface area contributed by atoms with E-state index in [1.165, 1.54) is 6.20 Å². The summed E-state index contributed by atoms with van der Waals surface area (Å²) in [6.07, 6.45) is 3.03. The lowest BCUT2D eigenvalue weighted by molar-refractivity contribution is 0.355. The Morgan fingerprint density at radius 2 is 1.95 bits per heavy atom. The van der Waals surface area contributed by atoms with Crippen molar-refractivity contribution in [2.24, 2.45) is 5.10 Å². The highest BCUT2D eigenvalue weighted by Gasteiger charge is 2.06. The van der Waals surface area contributed by atoms with E-state index in [0.29, 0.717) is 17.2 Å². The lowest BCUT2D eigenvalue weighted by Crippen LogP contribution is -1.96. The summed E-state index contributed by atoms with van der Waals surface area (Å²) in [5.41, 5.74) is 4.04. The Morgan fingerprint density at radius 1 is 1.19 bits per heavy atom. The van der Waals surface area contributed by atoms with E-state index in [4.69, 9.17) is 32.7 Å². The Morgan fingerprint density at radius 3 is 2.67 bits per heavy atom. The average Bonchev–Trinajstić information content (AvgIpc) is 2.51. The highest BCUT2D eigenvalue weighted by molar-refractivity contribution is 6.42. The Hall–Kier alpha value is -2.05. The Labute approximate surface area is 131 Å².